The van der Waals surface area contributed by atoms with E-state index in [1.165, 1.54) is 0 Å². The molecule has 22 heavy (non-hydrogen) atoms. The van der Waals surface area contributed by atoms with E-state index >= 15 is 0 Å². The first-order chi connectivity index (χ1) is 10.7. The molecule has 4 nitrogen and oxygen atoms in total. The molecule has 120 valence electrons. The molecule has 2 unspecified atom stereocenters. The Kier molecular flexibility index (Phi) is 6.62. The van der Waals surface area contributed by atoms with E-state index < -0.39 is 0 Å². The first-order valence-corrected chi connectivity index (χ1v) is 8.02. The van der Waals surface area contributed by atoms with E-state index in [1.54, 1.807) is 0 Å². The summed E-state index contributed by atoms with van der Waals surface area (Å²) in [6.07, 6.45) is 4.24. The molecule has 0 radical (unpaired) electrons. The number of hydrogen-bond acceptors (Lipinski definition) is 4. The number of hydrogen-bond donors (Lipinski definition) is 1. The second-order valence-corrected chi connectivity index (χ2v) is 5.79. The van der Waals surface area contributed by atoms with Crippen LogP contribution in [0.15, 0.2) is 48.1 Å². The van der Waals surface area contributed by atoms with Gasteiger partial charge in [-0.2, -0.15) is 0 Å². The molecular weight excluding hydrogens is 276 g/mol. The fraction of sp³-hybridized carbons (Fsp3) is 0.500. The summed E-state index contributed by atoms with van der Waals surface area (Å²) >= 11 is 0. The zero-order valence-corrected chi connectivity index (χ0v) is 13.3. The van der Waals surface area contributed by atoms with Crippen LogP contribution in [0.25, 0.3) is 0 Å². The van der Waals surface area contributed by atoms with Gasteiger partial charge in [0, 0.05) is 26.1 Å². The maximum absolute atomic E-state index is 10.0. The number of rotatable bonds is 9. The largest absolute Gasteiger partial charge is 0.392 e. The van der Waals surface area contributed by atoms with Crippen LogP contribution in [-0.4, -0.2) is 47.6 Å². The van der Waals surface area contributed by atoms with Crippen molar-refractivity contribution in [1.29, 1.82) is 0 Å². The smallest absolute Gasteiger partial charge is 0.145 e. The van der Waals surface area contributed by atoms with Crippen LogP contribution in [0.3, 0.4) is 0 Å². The lowest BCUT2D eigenvalue weighted by molar-refractivity contribution is 0.0376. The molecule has 2 rings (SSSR count). The van der Waals surface area contributed by atoms with Gasteiger partial charge < -0.3 is 9.94 Å². The maximum Gasteiger partial charge on any atom is 0.145 e. The van der Waals surface area contributed by atoms with Gasteiger partial charge in [-0.05, 0) is 12.0 Å². The predicted molar refractivity (Wildman–Crippen MR) is 90.0 cm³/mol. The van der Waals surface area contributed by atoms with Crippen LogP contribution in [0.5, 0.6) is 0 Å². The van der Waals surface area contributed by atoms with Crippen molar-refractivity contribution in [1.82, 2.24) is 4.90 Å². The van der Waals surface area contributed by atoms with Gasteiger partial charge in [-0.3, -0.25) is 4.90 Å². The Morgan fingerprint density at radius 2 is 2.23 bits per heavy atom. The minimum Gasteiger partial charge on any atom is -0.392 e. The minimum absolute atomic E-state index is 0.0454. The minimum atomic E-state index is -0.291. The first kappa shape index (κ1) is 16.7. The van der Waals surface area contributed by atoms with Gasteiger partial charge in [0.05, 0.1) is 11.8 Å². The van der Waals surface area contributed by atoms with Crippen LogP contribution >= 0.6 is 0 Å². The number of benzene rings is 1. The molecule has 0 saturated carbocycles. The first-order valence-electron chi connectivity index (χ1n) is 8.02. The van der Waals surface area contributed by atoms with Crippen molar-refractivity contribution in [2.45, 2.75) is 38.4 Å². The molecule has 1 aromatic rings. The van der Waals surface area contributed by atoms with E-state index in [-0.39, 0.29) is 12.2 Å². The third kappa shape index (κ3) is 4.97. The summed E-state index contributed by atoms with van der Waals surface area (Å²) in [7, 11) is 0. The van der Waals surface area contributed by atoms with Crippen LogP contribution in [0.4, 0.5) is 0 Å². The second kappa shape index (κ2) is 8.71. The highest BCUT2D eigenvalue weighted by Gasteiger charge is 2.24. The van der Waals surface area contributed by atoms with E-state index in [0.29, 0.717) is 6.54 Å². The fourth-order valence-corrected chi connectivity index (χ4v) is 2.74. The van der Waals surface area contributed by atoms with Gasteiger partial charge in [0.2, 0.25) is 0 Å². The molecule has 0 aromatic heterocycles. The molecular formula is C18H26N2O2. The van der Waals surface area contributed by atoms with Crippen molar-refractivity contribution in [2.75, 3.05) is 19.6 Å². The molecule has 2 atom stereocenters. The molecule has 1 aromatic carbocycles. The van der Waals surface area contributed by atoms with Crippen LogP contribution in [-0.2, 0) is 4.84 Å². The quantitative estimate of drug-likeness (QED) is 0.713. The summed E-state index contributed by atoms with van der Waals surface area (Å²) in [6.45, 7) is 8.04. The summed E-state index contributed by atoms with van der Waals surface area (Å²) in [6, 6.07) is 10.1. The van der Waals surface area contributed by atoms with Crippen LogP contribution in [0.2, 0.25) is 0 Å². The maximum atomic E-state index is 10.0. The lowest BCUT2D eigenvalue weighted by Gasteiger charge is -2.25. The topological polar surface area (TPSA) is 45.1 Å². The Hall–Kier alpha value is -1.65. The van der Waals surface area contributed by atoms with Gasteiger partial charge in [0.25, 0.3) is 0 Å². The van der Waals surface area contributed by atoms with Gasteiger partial charge in [0.1, 0.15) is 6.10 Å². The van der Waals surface area contributed by atoms with Gasteiger partial charge in [-0.25, -0.2) is 0 Å². The van der Waals surface area contributed by atoms with Crippen molar-refractivity contribution in [3.8, 4) is 0 Å². The van der Waals surface area contributed by atoms with Crippen molar-refractivity contribution in [3.05, 3.63) is 48.6 Å². The molecule has 1 aliphatic rings. The summed E-state index contributed by atoms with van der Waals surface area (Å²) in [5.41, 5.74) is 2.12. The van der Waals surface area contributed by atoms with Crippen LogP contribution in [0.1, 0.15) is 31.7 Å². The van der Waals surface area contributed by atoms with Gasteiger partial charge in [-0.1, -0.05) is 54.9 Å². The lowest BCUT2D eigenvalue weighted by atomic mass is 10.0. The number of aliphatic hydroxyl groups excluding tert-OH is 1. The SMILES string of the molecule is C=CCN(CC(O)CCC)CC1CC(c2ccccc2)=NO1. The average Bonchev–Trinajstić information content (AvgIpc) is 2.97. The van der Waals surface area contributed by atoms with Crippen molar-refractivity contribution >= 4 is 5.71 Å². The number of aliphatic hydroxyl groups is 1. The van der Waals surface area contributed by atoms with E-state index in [0.717, 1.165) is 43.6 Å². The zero-order valence-electron chi connectivity index (χ0n) is 13.3. The molecule has 0 amide bonds. The number of oxime groups is 1. The molecule has 1 heterocycles. The van der Waals surface area contributed by atoms with Crippen molar-refractivity contribution in [3.63, 3.8) is 0 Å². The highest BCUT2D eigenvalue weighted by atomic mass is 16.6. The Bertz CT molecular complexity index is 487. The fourth-order valence-electron chi connectivity index (χ4n) is 2.74. The third-order valence-electron chi connectivity index (χ3n) is 3.78. The van der Waals surface area contributed by atoms with E-state index in [9.17, 15) is 5.11 Å². The highest BCUT2D eigenvalue weighted by molar-refractivity contribution is 6.01. The molecule has 4 heteroatoms. The van der Waals surface area contributed by atoms with Crippen LogP contribution in [0, 0.1) is 0 Å². The summed E-state index contributed by atoms with van der Waals surface area (Å²) in [5.74, 6) is 0. The highest BCUT2D eigenvalue weighted by Crippen LogP contribution is 2.17. The summed E-state index contributed by atoms with van der Waals surface area (Å²) < 4.78 is 0. The predicted octanol–water partition coefficient (Wildman–Crippen LogP) is 2.83. The molecule has 0 aliphatic carbocycles. The Labute approximate surface area is 133 Å². The normalized spacial score (nSPS) is 18.9. The van der Waals surface area contributed by atoms with Crippen LogP contribution < -0.4 is 0 Å². The van der Waals surface area contributed by atoms with Gasteiger partial charge >= 0.3 is 0 Å². The number of nitrogens with zero attached hydrogens (tertiary/aromatic N) is 2. The lowest BCUT2D eigenvalue weighted by Crippen LogP contribution is -2.38. The summed E-state index contributed by atoms with van der Waals surface area (Å²) in [5, 5.41) is 14.2. The van der Waals surface area contributed by atoms with Gasteiger partial charge in [0.15, 0.2) is 0 Å². The monoisotopic (exact) mass is 302 g/mol. The second-order valence-electron chi connectivity index (χ2n) is 5.79. The van der Waals surface area contributed by atoms with E-state index in [1.807, 2.05) is 24.3 Å². The van der Waals surface area contributed by atoms with Crippen molar-refractivity contribution in [2.24, 2.45) is 5.16 Å². The van der Waals surface area contributed by atoms with E-state index in [4.69, 9.17) is 4.84 Å². The Morgan fingerprint density at radius 1 is 1.45 bits per heavy atom. The standard InChI is InChI=1S/C18H26N2O2/c1-3-8-16(21)13-20(11-4-2)14-17-12-18(19-22-17)15-9-6-5-7-10-15/h4-7,9-10,16-17,21H,2-3,8,11-14H2,1H3. The molecule has 0 saturated heterocycles. The van der Waals surface area contributed by atoms with Crippen molar-refractivity contribution < 1.29 is 9.94 Å². The third-order valence-corrected chi connectivity index (χ3v) is 3.78. The molecule has 1 N–H and O–H groups in total. The molecule has 0 spiro atoms. The average molecular weight is 302 g/mol. The molecule has 0 bridgehead atoms. The van der Waals surface area contributed by atoms with E-state index in [2.05, 4.69) is 35.7 Å². The molecule has 1 aliphatic heterocycles. The zero-order chi connectivity index (χ0) is 15.8. The van der Waals surface area contributed by atoms with Gasteiger partial charge in [-0.15, -0.1) is 6.58 Å². The Balaban J connectivity index is 1.86. The Morgan fingerprint density at radius 3 is 2.91 bits per heavy atom. The summed E-state index contributed by atoms with van der Waals surface area (Å²) in [4.78, 5) is 7.75. The molecule has 0 fully saturated rings.